The third kappa shape index (κ3) is 39.9. The van der Waals surface area contributed by atoms with Crippen LogP contribution in [0.5, 0.6) is 0 Å². The van der Waals surface area contributed by atoms with Crippen molar-refractivity contribution in [1.82, 2.24) is 37.2 Å². The van der Waals surface area contributed by atoms with Crippen LogP contribution in [0.1, 0.15) is 71.5 Å². The molecule has 4 amide bonds. The van der Waals surface area contributed by atoms with E-state index in [9.17, 15) is 81.5 Å². The van der Waals surface area contributed by atoms with Gasteiger partial charge in [-0.05, 0) is 0 Å². The first kappa shape index (κ1) is 91.5. The van der Waals surface area contributed by atoms with E-state index in [1.807, 2.05) is 0 Å². The Morgan fingerprint density at radius 3 is 1.24 bits per heavy atom. The number of nitrogens with two attached hydrogens (primary N) is 2. The molecule has 0 spiro atoms. The minimum atomic E-state index is -1.33. The molecular weight excluding hydrogens is 1400 g/mol. The van der Waals surface area contributed by atoms with Gasteiger partial charge in [0.15, 0.2) is 40.6 Å². The number of carbonyl (C=O) groups is 17. The van der Waals surface area contributed by atoms with Gasteiger partial charge in [-0.15, -0.1) is 0 Å². The molecule has 4 heterocycles. The van der Waals surface area contributed by atoms with Crippen LogP contribution in [-0.2, 0) is 85.8 Å². The highest BCUT2D eigenvalue weighted by atomic mass is 16.6. The Hall–Kier alpha value is -10.6. The van der Waals surface area contributed by atoms with Crippen molar-refractivity contribution in [3.63, 3.8) is 0 Å². The normalized spacial score (nSPS) is 19.8. The molecule has 3 aromatic rings. The Labute approximate surface area is 612 Å². The predicted octanol–water partition coefficient (Wildman–Crippen LogP) is -5.10. The lowest BCUT2D eigenvalue weighted by atomic mass is 10.1. The molecule has 38 nitrogen and oxygen atoms in total. The number of benzene rings is 3. The first-order valence-corrected chi connectivity index (χ1v) is 31.9. The summed E-state index contributed by atoms with van der Waals surface area (Å²) in [7, 11) is 19.5. The predicted molar refractivity (Wildman–Crippen MR) is 367 cm³/mol. The number of amides is 4. The van der Waals surface area contributed by atoms with Gasteiger partial charge >= 0.3 is 59.7 Å². The van der Waals surface area contributed by atoms with Crippen LogP contribution in [0.25, 0.3) is 0 Å². The number of cyclic esters (lactones) is 8. The quantitative estimate of drug-likeness (QED) is 0.0131. The van der Waals surface area contributed by atoms with E-state index in [4.69, 9.17) is 88.6 Å². The van der Waals surface area contributed by atoms with E-state index in [0.29, 0.717) is 16.7 Å². The number of ketones is 3. The second-order valence-corrected chi connectivity index (χ2v) is 22.6. The lowest BCUT2D eigenvalue weighted by Gasteiger charge is -2.17. The molecule has 8 radical (unpaired) electrons. The fraction of sp³-hybridized carbons (Fsp3) is 0.453. The first-order chi connectivity index (χ1) is 50.2. The zero-order valence-electron chi connectivity index (χ0n) is 57.1. The van der Waals surface area contributed by atoms with Gasteiger partial charge in [0.1, 0.15) is 70.4 Å². The smallest absolute Gasteiger partial charge is 0.323 e. The third-order valence-electron chi connectivity index (χ3n) is 13.7. The molecule has 9 unspecified atom stereocenters. The second-order valence-electron chi connectivity index (χ2n) is 22.6. The Bertz CT molecular complexity index is 3450. The summed E-state index contributed by atoms with van der Waals surface area (Å²) < 4.78 is 38.5. The number of aliphatic hydroxyl groups is 3. The molecule has 4 fully saturated rings. The highest BCUT2D eigenvalue weighted by molar-refractivity contribution is 6.58. The number of aliphatic carboxylic acids is 1. The molecule has 0 aliphatic carbocycles. The zero-order valence-corrected chi connectivity index (χ0v) is 57.1. The average molecular weight is 1480 g/mol. The summed E-state index contributed by atoms with van der Waals surface area (Å²) in [6.07, 6.45) is -1.02. The van der Waals surface area contributed by atoms with Gasteiger partial charge in [-0.2, -0.15) is 0 Å². The van der Waals surface area contributed by atoms with Crippen molar-refractivity contribution in [1.29, 1.82) is 0 Å². The number of ether oxygens (including phenoxy) is 8. The maximum Gasteiger partial charge on any atom is 0.323 e. The summed E-state index contributed by atoms with van der Waals surface area (Å²) >= 11 is 0. The van der Waals surface area contributed by atoms with Crippen molar-refractivity contribution in [3.8, 4) is 0 Å². The average Bonchev–Trinajstić information content (AvgIpc) is 1.80. The van der Waals surface area contributed by atoms with Gasteiger partial charge in [-0.25, -0.2) is 0 Å². The molecule has 7 rings (SSSR count). The first-order valence-electron chi connectivity index (χ1n) is 31.9. The fourth-order valence-electron chi connectivity index (χ4n) is 8.19. The highest BCUT2D eigenvalue weighted by Gasteiger charge is 2.32. The van der Waals surface area contributed by atoms with E-state index >= 15 is 0 Å². The summed E-state index contributed by atoms with van der Waals surface area (Å²) in [5, 5.41) is 51.7. The van der Waals surface area contributed by atoms with Gasteiger partial charge in [-0.1, -0.05) is 97.9 Å². The maximum absolute atomic E-state index is 12.1. The van der Waals surface area contributed by atoms with E-state index in [1.54, 1.807) is 97.9 Å². The molecule has 15 N–H and O–H groups in total. The van der Waals surface area contributed by atoms with Crippen LogP contribution in [0.15, 0.2) is 91.0 Å². The number of esters is 9. The highest BCUT2D eigenvalue weighted by Crippen LogP contribution is 2.14. The van der Waals surface area contributed by atoms with E-state index in [1.165, 1.54) is 0 Å². The molecule has 9 atom stereocenters. The molecule has 568 valence electrons. The van der Waals surface area contributed by atoms with Gasteiger partial charge in [-0.3, -0.25) is 97.5 Å². The van der Waals surface area contributed by atoms with Gasteiger partial charge in [0.2, 0.25) is 31.4 Å². The Balaban J connectivity index is 0.000000667. The largest absolute Gasteiger partial charge is 0.480 e. The number of carboxylic acid groups (broad SMARTS) is 1. The molecule has 42 heteroatoms. The van der Waals surface area contributed by atoms with Crippen LogP contribution in [0.4, 0.5) is 19.2 Å². The Morgan fingerprint density at radius 2 is 0.868 bits per heavy atom. The number of hydrogen-bond donors (Lipinski definition) is 13. The fourth-order valence-corrected chi connectivity index (χ4v) is 8.19. The van der Waals surface area contributed by atoms with Crippen LogP contribution in [0.2, 0.25) is 0 Å². The second kappa shape index (κ2) is 50.7. The van der Waals surface area contributed by atoms with Crippen LogP contribution in [0.3, 0.4) is 0 Å². The van der Waals surface area contributed by atoms with Crippen LogP contribution in [0, 0.1) is 5.92 Å². The lowest BCUT2D eigenvalue weighted by molar-refractivity contribution is -0.153. The number of hydrogen-bond acceptors (Lipinski definition) is 33. The van der Waals surface area contributed by atoms with Crippen molar-refractivity contribution < 1.29 is 141 Å². The SMILES string of the molecule is CC1CC(=O)OC1=O.NC1COC(=O)CC(NCC(=O)c2ccccc2)C(=O)OC1.[B]C(=O)NC(CO)CO.[B]C(=O)NC(CO)COC(=O)CC(NCC(=O)c1ccccc1)C(=O)O.[B]C(=O)NC1COC(=O)CC(N)C(=O)OC1.[B]C(=O)NC1COC(=O)CC(NCC(=O)c2ccccc2)C(=O)OC1.[HH]. The van der Waals surface area contributed by atoms with Crippen LogP contribution in [-0.4, -0.2) is 292 Å². The number of carboxylic acids is 1. The van der Waals surface area contributed by atoms with Gasteiger partial charge < -0.3 is 91.1 Å². The standard InChI is InChI=1S/C16H19BN2O7.C16H17BN2O6.C15H18N2O5.C8H11BN2O5.C5H6O3.C4H8BNO3.H2/c17-16(25)19-11(8-20)9-26-14(22)6-12(15(23)24)18-7-13(21)10-4-2-1-3-5-10;17-16(23)19-11-8-24-14(21)6-12(15(22)25-9-11)18-7-13(20)10-4-2-1-3-5-10;16-11-8-21-14(19)6-12(15(20)22-9-11)17-7-13(18)10-4-2-1-3-5-10;9-8(14)11-4-2-15-6(12)1-5(10)7(13)16-3-4;1-3-2-4(6)8-5(3)7;5-4(9)6-3(1-7)2-8;/h1-5,11-12,18,20H,6-9H2,(H,19,25)(H,23,24);1-5,11-12,18H,6-9H2,(H,19,23);1-5,11-12,17H,6-9,16H2;4-5H,1-3,10H2,(H,11,14);3H,2H2,1H3;3,7-8H,1-2H2,(H,6,9);1H. The van der Waals surface area contributed by atoms with Crippen LogP contribution >= 0.6 is 0 Å². The molecule has 4 saturated heterocycles. The third-order valence-corrected chi connectivity index (χ3v) is 13.7. The summed E-state index contributed by atoms with van der Waals surface area (Å²) in [6.45, 7) is -0.935. The summed E-state index contributed by atoms with van der Waals surface area (Å²) in [5.41, 5.74) is 12.4. The van der Waals surface area contributed by atoms with E-state index < -0.39 is 150 Å². The maximum atomic E-state index is 12.1. The van der Waals surface area contributed by atoms with E-state index in [-0.39, 0.29) is 129 Å². The monoisotopic (exact) mass is 1480 g/mol. The Morgan fingerprint density at radius 1 is 0.491 bits per heavy atom. The Kier molecular flexibility index (Phi) is 43.8. The lowest BCUT2D eigenvalue weighted by Crippen LogP contribution is -2.43. The van der Waals surface area contributed by atoms with E-state index in [0.717, 1.165) is 0 Å². The summed E-state index contributed by atoms with van der Waals surface area (Å²) in [5.74, 6) is -11.1. The number of rotatable bonds is 24. The van der Waals surface area contributed by atoms with Crippen molar-refractivity contribution in [2.24, 2.45) is 17.4 Å². The molecule has 0 saturated carbocycles. The molecule has 0 bridgehead atoms. The van der Waals surface area contributed by atoms with Crippen molar-refractivity contribution in [3.05, 3.63) is 108 Å². The van der Waals surface area contributed by atoms with Gasteiger partial charge in [0.25, 0.3) is 0 Å². The molecule has 4 aliphatic rings. The molecule has 0 aromatic heterocycles. The minimum absolute atomic E-state index is 0. The molecule has 106 heavy (non-hydrogen) atoms. The zero-order chi connectivity index (χ0) is 79.3. The van der Waals surface area contributed by atoms with Gasteiger partial charge in [0, 0.05) is 18.1 Å². The summed E-state index contributed by atoms with van der Waals surface area (Å²) in [6, 6.07) is 17.7. The minimum Gasteiger partial charge on any atom is -0.480 e. The van der Waals surface area contributed by atoms with E-state index in [2.05, 4.69) is 49.8 Å². The molecule has 3 aromatic carbocycles. The topological polar surface area (TPSA) is 581 Å². The molecule has 4 aliphatic heterocycles. The summed E-state index contributed by atoms with van der Waals surface area (Å²) in [4.78, 5) is 191. The van der Waals surface area contributed by atoms with Crippen LogP contribution < -0.4 is 48.7 Å². The number of aliphatic hydroxyl groups excluding tert-OH is 3. The van der Waals surface area contributed by atoms with Crippen molar-refractivity contribution in [2.45, 2.75) is 93.4 Å². The molecular formula is C64H81B4N9O29. The van der Waals surface area contributed by atoms with Crippen molar-refractivity contribution in [2.75, 3.05) is 85.7 Å². The number of carbonyl (C=O) groups excluding carboxylic acids is 16. The van der Waals surface area contributed by atoms with Crippen molar-refractivity contribution >= 4 is 132 Å². The number of nitrogens with one attached hydrogen (secondary N) is 7. The van der Waals surface area contributed by atoms with Gasteiger partial charge in [0.05, 0.1) is 108 Å². The number of Topliss-reactive ketones (excluding diaryl/α,β-unsaturated/α-hetero) is 3.